The van der Waals surface area contributed by atoms with Gasteiger partial charge in [-0.25, -0.2) is 0 Å². The van der Waals surface area contributed by atoms with Crippen molar-refractivity contribution < 1.29 is 4.74 Å². The molecule has 5 aromatic rings. The molecular weight excluding hydrogens is 470 g/mol. The van der Waals surface area contributed by atoms with Crippen molar-refractivity contribution in [2.75, 3.05) is 4.90 Å². The van der Waals surface area contributed by atoms with Gasteiger partial charge >= 0.3 is 0 Å². The Balaban J connectivity index is 1.66. The van der Waals surface area contributed by atoms with E-state index in [9.17, 15) is 0 Å². The number of benzene rings is 5. The Hall–Kier alpha value is -3.56. The number of hydrogen-bond acceptors (Lipinski definition) is 2. The van der Waals surface area contributed by atoms with Crippen LogP contribution in [0.15, 0.2) is 126 Å². The third-order valence-corrected chi connectivity index (χ3v) is 6.83. The summed E-state index contributed by atoms with van der Waals surface area (Å²) in [6.07, 6.45) is -0.258. The van der Waals surface area contributed by atoms with Crippen molar-refractivity contribution in [3.8, 4) is 5.75 Å². The zero-order valence-electron chi connectivity index (χ0n) is 17.9. The first-order valence-electron chi connectivity index (χ1n) is 11.1. The van der Waals surface area contributed by atoms with Gasteiger partial charge in [0.1, 0.15) is 5.75 Å². The molecule has 1 heterocycles. The lowest BCUT2D eigenvalue weighted by Gasteiger charge is -2.45. The van der Waals surface area contributed by atoms with E-state index in [1.807, 2.05) is 6.07 Å². The monoisotopic (exact) mass is 491 g/mol. The molecular formula is C30H22BrNO. The Morgan fingerprint density at radius 2 is 1.24 bits per heavy atom. The Morgan fingerprint density at radius 1 is 0.606 bits per heavy atom. The first kappa shape index (κ1) is 20.1. The summed E-state index contributed by atoms with van der Waals surface area (Å²) < 4.78 is 7.85. The fourth-order valence-electron chi connectivity index (χ4n) is 4.82. The number of fused-ring (bicyclic) bond motifs is 3. The highest BCUT2D eigenvalue weighted by Gasteiger charge is 2.38. The van der Waals surface area contributed by atoms with E-state index in [2.05, 4.69) is 136 Å². The van der Waals surface area contributed by atoms with Crippen molar-refractivity contribution in [2.45, 2.75) is 12.3 Å². The summed E-state index contributed by atoms with van der Waals surface area (Å²) in [5.74, 6) is 0.935. The first-order valence-corrected chi connectivity index (χ1v) is 11.9. The Labute approximate surface area is 202 Å². The van der Waals surface area contributed by atoms with Gasteiger partial charge in [-0.15, -0.1) is 0 Å². The van der Waals surface area contributed by atoms with E-state index in [4.69, 9.17) is 4.74 Å². The van der Waals surface area contributed by atoms with E-state index in [0.717, 1.165) is 21.5 Å². The van der Waals surface area contributed by atoms with Crippen LogP contribution in [0.3, 0.4) is 0 Å². The second-order valence-electron chi connectivity index (χ2n) is 8.28. The molecule has 0 saturated heterocycles. The number of anilines is 1. The fraction of sp³-hybridized carbons (Fsp3) is 0.0667. The molecule has 0 spiro atoms. The molecule has 2 nitrogen and oxygen atoms in total. The van der Waals surface area contributed by atoms with Crippen molar-refractivity contribution in [3.05, 3.63) is 142 Å². The van der Waals surface area contributed by atoms with Crippen LogP contribution in [-0.2, 0) is 0 Å². The van der Waals surface area contributed by atoms with E-state index in [1.165, 1.54) is 21.9 Å². The second kappa shape index (κ2) is 8.42. The molecule has 0 saturated carbocycles. The second-order valence-corrected chi connectivity index (χ2v) is 9.19. The third kappa shape index (κ3) is 3.59. The quantitative estimate of drug-likeness (QED) is 0.251. The average molecular weight is 492 g/mol. The predicted molar refractivity (Wildman–Crippen MR) is 139 cm³/mol. The molecule has 0 amide bonds. The number of hydrogen-bond donors (Lipinski definition) is 0. The van der Waals surface area contributed by atoms with Gasteiger partial charge < -0.3 is 9.64 Å². The maximum Gasteiger partial charge on any atom is 0.199 e. The van der Waals surface area contributed by atoms with Crippen molar-refractivity contribution in [1.29, 1.82) is 0 Å². The SMILES string of the molecule is Brc1ccc(N2C(c3ccccc3)Oc3ccc4ccccc4c3C2c2ccccc2)cc1. The molecule has 2 unspecified atom stereocenters. The van der Waals surface area contributed by atoms with Crippen molar-refractivity contribution >= 4 is 32.4 Å². The van der Waals surface area contributed by atoms with E-state index in [0.29, 0.717) is 0 Å². The fourth-order valence-corrected chi connectivity index (χ4v) is 5.08. The molecule has 6 rings (SSSR count). The summed E-state index contributed by atoms with van der Waals surface area (Å²) in [5, 5.41) is 2.44. The van der Waals surface area contributed by atoms with Crippen molar-refractivity contribution in [2.24, 2.45) is 0 Å². The molecule has 33 heavy (non-hydrogen) atoms. The van der Waals surface area contributed by atoms with E-state index in [1.54, 1.807) is 0 Å². The predicted octanol–water partition coefficient (Wildman–Crippen LogP) is 8.29. The summed E-state index contributed by atoms with van der Waals surface area (Å²) >= 11 is 3.60. The topological polar surface area (TPSA) is 12.5 Å². The zero-order chi connectivity index (χ0) is 22.2. The largest absolute Gasteiger partial charge is 0.466 e. The normalized spacial score (nSPS) is 17.4. The summed E-state index contributed by atoms with van der Waals surface area (Å²) in [7, 11) is 0. The number of ether oxygens (including phenoxy) is 1. The molecule has 1 aliphatic heterocycles. The molecule has 0 aromatic heterocycles. The molecule has 5 aromatic carbocycles. The van der Waals surface area contributed by atoms with Gasteiger partial charge in [0.15, 0.2) is 6.23 Å². The highest BCUT2D eigenvalue weighted by molar-refractivity contribution is 9.10. The number of nitrogens with zero attached hydrogens (tertiary/aromatic N) is 1. The van der Waals surface area contributed by atoms with Crippen LogP contribution in [0.1, 0.15) is 29.0 Å². The van der Waals surface area contributed by atoms with Crippen LogP contribution in [0.25, 0.3) is 10.8 Å². The van der Waals surface area contributed by atoms with E-state index in [-0.39, 0.29) is 12.3 Å². The maximum absolute atomic E-state index is 6.79. The first-order chi connectivity index (χ1) is 16.3. The number of halogens is 1. The van der Waals surface area contributed by atoms with Gasteiger partial charge in [-0.2, -0.15) is 0 Å². The van der Waals surface area contributed by atoms with Gasteiger partial charge in [0, 0.05) is 21.3 Å². The van der Waals surface area contributed by atoms with Crippen LogP contribution in [0.4, 0.5) is 5.69 Å². The van der Waals surface area contributed by atoms with Crippen LogP contribution < -0.4 is 9.64 Å². The lowest BCUT2D eigenvalue weighted by Crippen LogP contribution is -2.40. The Kier molecular flexibility index (Phi) is 5.12. The summed E-state index contributed by atoms with van der Waals surface area (Å²) in [5.41, 5.74) is 4.68. The molecule has 0 N–H and O–H groups in total. The highest BCUT2D eigenvalue weighted by Crippen LogP contribution is 2.50. The molecule has 0 radical (unpaired) electrons. The number of rotatable bonds is 3. The lowest BCUT2D eigenvalue weighted by atomic mass is 9.89. The van der Waals surface area contributed by atoms with E-state index >= 15 is 0 Å². The summed E-state index contributed by atoms with van der Waals surface area (Å²) in [6, 6.07) is 42.6. The zero-order valence-corrected chi connectivity index (χ0v) is 19.5. The molecule has 1 aliphatic rings. The minimum Gasteiger partial charge on any atom is -0.466 e. The Morgan fingerprint density at radius 3 is 1.97 bits per heavy atom. The van der Waals surface area contributed by atoms with E-state index < -0.39 is 0 Å². The van der Waals surface area contributed by atoms with Crippen LogP contribution in [0.2, 0.25) is 0 Å². The van der Waals surface area contributed by atoms with Gasteiger partial charge in [-0.05, 0) is 46.7 Å². The molecule has 0 aliphatic carbocycles. The van der Waals surface area contributed by atoms with Gasteiger partial charge in [-0.3, -0.25) is 0 Å². The molecule has 3 heteroatoms. The summed E-state index contributed by atoms with van der Waals surface area (Å²) in [4.78, 5) is 2.41. The van der Waals surface area contributed by atoms with Crippen LogP contribution in [0, 0.1) is 0 Å². The van der Waals surface area contributed by atoms with Gasteiger partial charge in [0.2, 0.25) is 0 Å². The maximum atomic E-state index is 6.79. The minimum atomic E-state index is -0.258. The molecule has 0 fully saturated rings. The standard InChI is InChI=1S/C30H22BrNO/c31-24-16-18-25(19-17-24)32-29(22-10-3-1-4-11-22)28-26-14-8-7-9-21(26)15-20-27(28)33-30(32)23-12-5-2-6-13-23/h1-20,29-30H. The smallest absolute Gasteiger partial charge is 0.199 e. The summed E-state index contributed by atoms with van der Waals surface area (Å²) in [6.45, 7) is 0. The van der Waals surface area contributed by atoms with Crippen molar-refractivity contribution in [1.82, 2.24) is 0 Å². The van der Waals surface area contributed by atoms with Crippen LogP contribution in [0.5, 0.6) is 5.75 Å². The van der Waals surface area contributed by atoms with Crippen LogP contribution in [-0.4, -0.2) is 0 Å². The van der Waals surface area contributed by atoms with Gasteiger partial charge in [-0.1, -0.05) is 107 Å². The van der Waals surface area contributed by atoms with Crippen molar-refractivity contribution in [3.63, 3.8) is 0 Å². The molecule has 2 atom stereocenters. The minimum absolute atomic E-state index is 0.00701. The Bertz CT molecular complexity index is 1400. The third-order valence-electron chi connectivity index (χ3n) is 6.30. The highest BCUT2D eigenvalue weighted by atomic mass is 79.9. The van der Waals surface area contributed by atoms with Gasteiger partial charge in [0.05, 0.1) is 6.04 Å². The van der Waals surface area contributed by atoms with Crippen LogP contribution >= 0.6 is 15.9 Å². The average Bonchev–Trinajstić information content (AvgIpc) is 2.89. The van der Waals surface area contributed by atoms with Gasteiger partial charge in [0.25, 0.3) is 0 Å². The molecule has 0 bridgehead atoms. The lowest BCUT2D eigenvalue weighted by molar-refractivity contribution is 0.170. The molecule has 160 valence electrons.